The molecule has 0 radical (unpaired) electrons. The maximum Gasteiger partial charge on any atom is 0.255 e. The minimum Gasteiger partial charge on any atom is -0.343 e. The first-order chi connectivity index (χ1) is 14.4. The van der Waals surface area contributed by atoms with Crippen LogP contribution in [0.2, 0.25) is 0 Å². The highest BCUT2D eigenvalue weighted by Crippen LogP contribution is 2.31. The lowest BCUT2D eigenvalue weighted by Crippen LogP contribution is -2.30. The van der Waals surface area contributed by atoms with Crippen molar-refractivity contribution in [3.8, 4) is 11.4 Å². The van der Waals surface area contributed by atoms with Crippen molar-refractivity contribution in [2.45, 2.75) is 47.6 Å². The molecule has 0 spiro atoms. The smallest absolute Gasteiger partial charge is 0.255 e. The van der Waals surface area contributed by atoms with Gasteiger partial charge in [-0.05, 0) is 51.3 Å². The molecule has 3 aromatic rings. The lowest BCUT2D eigenvalue weighted by Gasteiger charge is -2.18. The number of pyridine rings is 1. The van der Waals surface area contributed by atoms with Gasteiger partial charge in [-0.25, -0.2) is 4.98 Å². The van der Waals surface area contributed by atoms with Crippen molar-refractivity contribution < 1.29 is 4.79 Å². The Labute approximate surface area is 183 Å². The summed E-state index contributed by atoms with van der Waals surface area (Å²) in [6, 6.07) is 5.87. The van der Waals surface area contributed by atoms with Crippen molar-refractivity contribution >= 4 is 28.1 Å². The van der Waals surface area contributed by atoms with Crippen LogP contribution in [0.5, 0.6) is 0 Å². The summed E-state index contributed by atoms with van der Waals surface area (Å²) < 4.78 is 2.25. The van der Waals surface area contributed by atoms with Gasteiger partial charge in [-0.2, -0.15) is 0 Å². The number of nitrogens with zero attached hydrogens (tertiary/aromatic N) is 4. The van der Waals surface area contributed by atoms with Crippen LogP contribution in [0.4, 0.5) is 10.8 Å². The summed E-state index contributed by atoms with van der Waals surface area (Å²) in [4.78, 5) is 23.9. The molecule has 0 aliphatic rings. The van der Waals surface area contributed by atoms with E-state index in [1.54, 1.807) is 23.7 Å². The molecule has 0 fully saturated rings. The molecule has 30 heavy (non-hydrogen) atoms. The Balaban J connectivity index is 1.96. The van der Waals surface area contributed by atoms with Gasteiger partial charge >= 0.3 is 0 Å². The van der Waals surface area contributed by atoms with Gasteiger partial charge in [0.1, 0.15) is 0 Å². The highest BCUT2D eigenvalue weighted by molar-refractivity contribution is 7.14. The summed E-state index contributed by atoms with van der Waals surface area (Å²) in [6.45, 7) is 12.8. The summed E-state index contributed by atoms with van der Waals surface area (Å²) in [7, 11) is 0. The molecule has 0 unspecified atom stereocenters. The largest absolute Gasteiger partial charge is 0.343 e. The quantitative estimate of drug-likeness (QED) is 0.486. The van der Waals surface area contributed by atoms with E-state index in [2.05, 4.69) is 28.7 Å². The van der Waals surface area contributed by atoms with E-state index in [0.29, 0.717) is 19.0 Å². The molecular weight excluding hydrogens is 394 g/mol. The highest BCUT2D eigenvalue weighted by atomic mass is 32.1. The van der Waals surface area contributed by atoms with Crippen LogP contribution in [0.3, 0.4) is 0 Å². The Morgan fingerprint density at radius 2 is 2.07 bits per heavy atom. The third kappa shape index (κ3) is 4.90. The SMILES string of the molecule is CCN(CC)C(=O)c1cc(-c2csc(Nc3cccnc3)n2)n(CCC(C)C)c1C. The van der Waals surface area contributed by atoms with Crippen molar-refractivity contribution in [2.75, 3.05) is 18.4 Å². The predicted octanol–water partition coefficient (Wildman–Crippen LogP) is 5.59. The van der Waals surface area contributed by atoms with Crippen molar-refractivity contribution in [3.05, 3.63) is 47.2 Å². The summed E-state index contributed by atoms with van der Waals surface area (Å²) in [5.41, 5.74) is 4.57. The van der Waals surface area contributed by atoms with E-state index >= 15 is 0 Å². The normalized spacial score (nSPS) is 11.1. The van der Waals surface area contributed by atoms with Gasteiger partial charge in [0.15, 0.2) is 5.13 Å². The van der Waals surface area contributed by atoms with E-state index in [0.717, 1.165) is 46.4 Å². The molecule has 1 N–H and O–H groups in total. The molecule has 0 saturated heterocycles. The third-order valence-corrected chi connectivity index (χ3v) is 6.01. The van der Waals surface area contributed by atoms with Gasteiger partial charge in [0, 0.05) is 36.9 Å². The minimum atomic E-state index is 0.0889. The zero-order valence-corrected chi connectivity index (χ0v) is 19.3. The van der Waals surface area contributed by atoms with Crippen LogP contribution < -0.4 is 5.32 Å². The van der Waals surface area contributed by atoms with Crippen LogP contribution in [0.1, 0.15) is 50.2 Å². The topological polar surface area (TPSA) is 63.1 Å². The number of nitrogens with one attached hydrogen (secondary N) is 1. The summed E-state index contributed by atoms with van der Waals surface area (Å²) in [5.74, 6) is 0.672. The zero-order chi connectivity index (χ0) is 21.7. The molecule has 0 bridgehead atoms. The standard InChI is InChI=1S/C23H31N5OS/c1-6-27(7-2)22(29)19-13-21(28(17(19)5)12-10-16(3)4)20-15-30-23(26-20)25-18-9-8-11-24-14-18/h8-9,11,13-16H,6-7,10,12H2,1-5H3,(H,25,26). The van der Waals surface area contributed by atoms with Crippen LogP contribution in [-0.4, -0.2) is 38.4 Å². The second-order valence-corrected chi connectivity index (χ2v) is 8.60. The number of carbonyl (C=O) groups excluding carboxylic acids is 1. The molecule has 0 aliphatic carbocycles. The van der Waals surface area contributed by atoms with Gasteiger partial charge in [0.05, 0.1) is 28.8 Å². The van der Waals surface area contributed by atoms with E-state index in [4.69, 9.17) is 4.98 Å². The first-order valence-corrected chi connectivity index (χ1v) is 11.4. The van der Waals surface area contributed by atoms with Gasteiger partial charge in [0.25, 0.3) is 5.91 Å². The fraction of sp³-hybridized carbons (Fsp3) is 0.435. The Kier molecular flexibility index (Phi) is 7.26. The molecule has 7 heteroatoms. The lowest BCUT2D eigenvalue weighted by atomic mass is 10.1. The van der Waals surface area contributed by atoms with Crippen LogP contribution in [0.25, 0.3) is 11.4 Å². The number of anilines is 2. The monoisotopic (exact) mass is 425 g/mol. The number of rotatable bonds is 9. The average Bonchev–Trinajstić information content (AvgIpc) is 3.32. The van der Waals surface area contributed by atoms with Crippen molar-refractivity contribution in [1.82, 2.24) is 19.4 Å². The Hall–Kier alpha value is -2.67. The molecular formula is C23H31N5OS. The van der Waals surface area contributed by atoms with E-state index < -0.39 is 0 Å². The number of aromatic nitrogens is 3. The number of hydrogen-bond acceptors (Lipinski definition) is 5. The van der Waals surface area contributed by atoms with Crippen molar-refractivity contribution in [1.29, 1.82) is 0 Å². The molecule has 160 valence electrons. The Morgan fingerprint density at radius 3 is 2.70 bits per heavy atom. The summed E-state index contributed by atoms with van der Waals surface area (Å²) in [6.07, 6.45) is 4.57. The van der Waals surface area contributed by atoms with Gasteiger partial charge in [-0.3, -0.25) is 9.78 Å². The summed E-state index contributed by atoms with van der Waals surface area (Å²) >= 11 is 1.55. The highest BCUT2D eigenvalue weighted by Gasteiger charge is 2.22. The molecule has 1 amide bonds. The third-order valence-electron chi connectivity index (χ3n) is 5.26. The van der Waals surface area contributed by atoms with Gasteiger partial charge in [-0.15, -0.1) is 11.3 Å². The van der Waals surface area contributed by atoms with E-state index in [1.807, 2.05) is 49.3 Å². The lowest BCUT2D eigenvalue weighted by molar-refractivity contribution is 0.0772. The van der Waals surface area contributed by atoms with E-state index in [1.165, 1.54) is 0 Å². The van der Waals surface area contributed by atoms with Crippen molar-refractivity contribution in [3.63, 3.8) is 0 Å². The number of thiazole rings is 1. The zero-order valence-electron chi connectivity index (χ0n) is 18.5. The Bertz CT molecular complexity index is 973. The molecule has 3 aromatic heterocycles. The van der Waals surface area contributed by atoms with Gasteiger partial charge in [-0.1, -0.05) is 13.8 Å². The van der Waals surface area contributed by atoms with Crippen LogP contribution in [0, 0.1) is 12.8 Å². The van der Waals surface area contributed by atoms with E-state index in [-0.39, 0.29) is 5.91 Å². The molecule has 3 heterocycles. The second kappa shape index (κ2) is 9.89. The van der Waals surface area contributed by atoms with Crippen LogP contribution in [0.15, 0.2) is 36.0 Å². The minimum absolute atomic E-state index is 0.0889. The second-order valence-electron chi connectivity index (χ2n) is 7.74. The fourth-order valence-electron chi connectivity index (χ4n) is 3.44. The maximum atomic E-state index is 13.1. The fourth-order valence-corrected chi connectivity index (χ4v) is 4.16. The summed E-state index contributed by atoms with van der Waals surface area (Å²) in [5, 5.41) is 6.16. The predicted molar refractivity (Wildman–Crippen MR) is 125 cm³/mol. The number of hydrogen-bond donors (Lipinski definition) is 1. The maximum absolute atomic E-state index is 13.1. The number of carbonyl (C=O) groups is 1. The molecule has 0 saturated carbocycles. The van der Waals surface area contributed by atoms with E-state index in [9.17, 15) is 4.79 Å². The molecule has 3 rings (SSSR count). The number of amides is 1. The first-order valence-electron chi connectivity index (χ1n) is 10.6. The van der Waals surface area contributed by atoms with Crippen LogP contribution in [-0.2, 0) is 6.54 Å². The van der Waals surface area contributed by atoms with Gasteiger partial charge in [0.2, 0.25) is 0 Å². The van der Waals surface area contributed by atoms with Crippen LogP contribution >= 0.6 is 11.3 Å². The van der Waals surface area contributed by atoms with Gasteiger partial charge < -0.3 is 14.8 Å². The molecule has 0 atom stereocenters. The Morgan fingerprint density at radius 1 is 1.30 bits per heavy atom. The first kappa shape index (κ1) is 22.0. The molecule has 0 aliphatic heterocycles. The van der Waals surface area contributed by atoms with Crippen molar-refractivity contribution in [2.24, 2.45) is 5.92 Å². The molecule has 6 nitrogen and oxygen atoms in total. The average molecular weight is 426 g/mol. The molecule has 0 aromatic carbocycles.